The molecule has 0 aliphatic rings. The molecule has 0 radical (unpaired) electrons. The highest BCUT2D eigenvalue weighted by molar-refractivity contribution is 5.94. The largest absolute Gasteiger partial charge is 0.481 e. The minimum absolute atomic E-state index is 0.0352. The second kappa shape index (κ2) is 12.0. The van der Waals surface area contributed by atoms with Crippen molar-refractivity contribution in [2.24, 2.45) is 5.92 Å². The van der Waals surface area contributed by atoms with Gasteiger partial charge in [0.15, 0.2) is 0 Å². The minimum Gasteiger partial charge on any atom is -0.481 e. The molecule has 0 spiro atoms. The van der Waals surface area contributed by atoms with Crippen molar-refractivity contribution in [3.63, 3.8) is 0 Å². The maximum atomic E-state index is 12.3. The Balaban J connectivity index is 1.45. The zero-order valence-corrected chi connectivity index (χ0v) is 20.8. The van der Waals surface area contributed by atoms with Crippen LogP contribution in [0.5, 0.6) is 0 Å². The standard InChI is InChI=1S/C29H30N4O4/c1-3-19(2)26(20-9-11-21(12-10-20)27(36)30-18-17-25(34)35)31-24-15-13-23(14-16-24)29-33-32-28(37-29)22-7-5-4-6-8-22/h4-16,19,26,31H,3,17-18H2,1-2H3,(H,30,36)(H,34,35). The predicted molar refractivity (Wildman–Crippen MR) is 142 cm³/mol. The van der Waals surface area contributed by atoms with E-state index >= 15 is 0 Å². The van der Waals surface area contributed by atoms with Crippen molar-refractivity contribution in [2.45, 2.75) is 32.7 Å². The van der Waals surface area contributed by atoms with Crippen LogP contribution in [0.1, 0.15) is 48.7 Å². The summed E-state index contributed by atoms with van der Waals surface area (Å²) in [5, 5.41) is 23.3. The number of hydrogen-bond donors (Lipinski definition) is 3. The second-order valence-electron chi connectivity index (χ2n) is 8.88. The van der Waals surface area contributed by atoms with Crippen LogP contribution in [0, 0.1) is 5.92 Å². The summed E-state index contributed by atoms with van der Waals surface area (Å²) < 4.78 is 5.86. The number of nitrogens with zero attached hydrogens (tertiary/aromatic N) is 2. The Morgan fingerprint density at radius 2 is 1.51 bits per heavy atom. The number of amides is 1. The molecule has 1 amide bonds. The zero-order valence-electron chi connectivity index (χ0n) is 20.8. The van der Waals surface area contributed by atoms with Crippen molar-refractivity contribution in [3.8, 4) is 22.9 Å². The normalized spacial score (nSPS) is 12.5. The third-order valence-electron chi connectivity index (χ3n) is 6.27. The zero-order chi connectivity index (χ0) is 26.2. The molecule has 0 saturated heterocycles. The van der Waals surface area contributed by atoms with Gasteiger partial charge in [-0.15, -0.1) is 10.2 Å². The van der Waals surface area contributed by atoms with Crippen molar-refractivity contribution >= 4 is 17.6 Å². The molecule has 0 bridgehead atoms. The lowest BCUT2D eigenvalue weighted by Gasteiger charge is -2.26. The first-order valence-corrected chi connectivity index (χ1v) is 12.3. The van der Waals surface area contributed by atoms with Gasteiger partial charge in [-0.2, -0.15) is 0 Å². The number of hydrogen-bond acceptors (Lipinski definition) is 6. The average molecular weight is 499 g/mol. The van der Waals surface area contributed by atoms with Gasteiger partial charge in [-0.05, 0) is 60.0 Å². The number of carbonyl (C=O) groups is 2. The Morgan fingerprint density at radius 3 is 2.11 bits per heavy atom. The van der Waals surface area contributed by atoms with Crippen LogP contribution in [0.15, 0.2) is 83.3 Å². The number of carbonyl (C=O) groups excluding carboxylic acids is 1. The molecule has 3 N–H and O–H groups in total. The molecule has 37 heavy (non-hydrogen) atoms. The van der Waals surface area contributed by atoms with Crippen LogP contribution in [0.25, 0.3) is 22.9 Å². The number of carboxylic acid groups (broad SMARTS) is 1. The van der Waals surface area contributed by atoms with Crippen molar-refractivity contribution in [1.29, 1.82) is 0 Å². The van der Waals surface area contributed by atoms with Crippen LogP contribution in [-0.2, 0) is 4.79 Å². The number of rotatable bonds is 11. The Morgan fingerprint density at radius 1 is 0.892 bits per heavy atom. The molecular weight excluding hydrogens is 468 g/mol. The molecule has 0 aliphatic carbocycles. The molecule has 3 aromatic carbocycles. The highest BCUT2D eigenvalue weighted by Crippen LogP contribution is 2.30. The van der Waals surface area contributed by atoms with Crippen LogP contribution in [0.3, 0.4) is 0 Å². The number of nitrogens with one attached hydrogen (secondary N) is 2. The maximum Gasteiger partial charge on any atom is 0.305 e. The van der Waals surface area contributed by atoms with E-state index in [1.165, 1.54) is 0 Å². The average Bonchev–Trinajstić information content (AvgIpc) is 3.42. The number of anilines is 1. The first-order chi connectivity index (χ1) is 17.9. The molecular formula is C29H30N4O4. The monoisotopic (exact) mass is 498 g/mol. The number of benzene rings is 3. The number of aromatic nitrogens is 2. The topological polar surface area (TPSA) is 117 Å². The van der Waals surface area contributed by atoms with Crippen LogP contribution in [-0.4, -0.2) is 33.7 Å². The van der Waals surface area contributed by atoms with E-state index in [0.717, 1.165) is 28.8 Å². The summed E-state index contributed by atoms with van der Waals surface area (Å²) in [5.74, 6) is 0.0436. The van der Waals surface area contributed by atoms with E-state index < -0.39 is 5.97 Å². The molecule has 1 heterocycles. The fourth-order valence-electron chi connectivity index (χ4n) is 3.94. The summed E-state index contributed by atoms with van der Waals surface area (Å²) in [5.41, 5.74) is 4.21. The summed E-state index contributed by atoms with van der Waals surface area (Å²) in [4.78, 5) is 22.9. The lowest BCUT2D eigenvalue weighted by molar-refractivity contribution is -0.136. The molecule has 0 saturated carbocycles. The van der Waals surface area contributed by atoms with Gasteiger partial charge in [0.1, 0.15) is 0 Å². The fraction of sp³-hybridized carbons (Fsp3) is 0.241. The first kappa shape index (κ1) is 25.6. The van der Waals surface area contributed by atoms with Gasteiger partial charge in [0.05, 0.1) is 12.5 Å². The quantitative estimate of drug-likeness (QED) is 0.239. The lowest BCUT2D eigenvalue weighted by Crippen LogP contribution is -2.26. The molecule has 8 nitrogen and oxygen atoms in total. The molecule has 8 heteroatoms. The van der Waals surface area contributed by atoms with E-state index in [4.69, 9.17) is 9.52 Å². The van der Waals surface area contributed by atoms with E-state index in [1.807, 2.05) is 66.7 Å². The van der Waals surface area contributed by atoms with Crippen LogP contribution in [0.2, 0.25) is 0 Å². The van der Waals surface area contributed by atoms with E-state index in [0.29, 0.717) is 23.3 Å². The van der Waals surface area contributed by atoms with E-state index in [2.05, 4.69) is 34.7 Å². The van der Waals surface area contributed by atoms with Gasteiger partial charge in [0.2, 0.25) is 11.8 Å². The van der Waals surface area contributed by atoms with Gasteiger partial charge < -0.3 is 20.2 Å². The Kier molecular flexibility index (Phi) is 8.30. The summed E-state index contributed by atoms with van der Waals surface area (Å²) in [6.07, 6.45) is 0.862. The third kappa shape index (κ3) is 6.61. The molecule has 2 atom stereocenters. The Labute approximate surface area is 215 Å². The molecule has 4 rings (SSSR count). The van der Waals surface area contributed by atoms with Crippen molar-refractivity contribution in [2.75, 3.05) is 11.9 Å². The van der Waals surface area contributed by atoms with Gasteiger partial charge >= 0.3 is 5.97 Å². The smallest absolute Gasteiger partial charge is 0.305 e. The Hall–Kier alpha value is -4.46. The molecule has 1 aromatic heterocycles. The number of aliphatic carboxylic acids is 1. The molecule has 4 aromatic rings. The highest BCUT2D eigenvalue weighted by atomic mass is 16.4. The minimum atomic E-state index is -0.944. The molecule has 2 unspecified atom stereocenters. The van der Waals surface area contributed by atoms with Gasteiger partial charge in [-0.1, -0.05) is 50.6 Å². The van der Waals surface area contributed by atoms with Crippen molar-refractivity contribution < 1.29 is 19.1 Å². The maximum absolute atomic E-state index is 12.3. The predicted octanol–water partition coefficient (Wildman–Crippen LogP) is 5.81. The lowest BCUT2D eigenvalue weighted by atomic mass is 9.91. The van der Waals surface area contributed by atoms with Crippen LogP contribution >= 0.6 is 0 Å². The van der Waals surface area contributed by atoms with Crippen molar-refractivity contribution in [3.05, 3.63) is 90.0 Å². The Bertz CT molecular complexity index is 1320. The van der Waals surface area contributed by atoms with Gasteiger partial charge in [0, 0.05) is 28.9 Å². The van der Waals surface area contributed by atoms with E-state index in [9.17, 15) is 9.59 Å². The highest BCUT2D eigenvalue weighted by Gasteiger charge is 2.19. The summed E-state index contributed by atoms with van der Waals surface area (Å²) in [7, 11) is 0. The van der Waals surface area contributed by atoms with Crippen LogP contribution in [0.4, 0.5) is 5.69 Å². The van der Waals surface area contributed by atoms with Gasteiger partial charge in [-0.3, -0.25) is 9.59 Å². The summed E-state index contributed by atoms with van der Waals surface area (Å²) in [6, 6.07) is 25.0. The first-order valence-electron chi connectivity index (χ1n) is 12.3. The number of carboxylic acids is 1. The second-order valence-corrected chi connectivity index (χ2v) is 8.88. The fourth-order valence-corrected chi connectivity index (χ4v) is 3.94. The summed E-state index contributed by atoms with van der Waals surface area (Å²) >= 11 is 0. The molecule has 190 valence electrons. The van der Waals surface area contributed by atoms with Crippen LogP contribution < -0.4 is 10.6 Å². The van der Waals surface area contributed by atoms with Gasteiger partial charge in [0.25, 0.3) is 5.91 Å². The third-order valence-corrected chi connectivity index (χ3v) is 6.27. The molecule has 0 aliphatic heterocycles. The van der Waals surface area contributed by atoms with E-state index in [-0.39, 0.29) is 24.9 Å². The molecule has 0 fully saturated rings. The summed E-state index contributed by atoms with van der Waals surface area (Å²) in [6.45, 7) is 4.43. The van der Waals surface area contributed by atoms with Gasteiger partial charge in [-0.25, -0.2) is 0 Å². The van der Waals surface area contributed by atoms with Crippen molar-refractivity contribution in [1.82, 2.24) is 15.5 Å². The van der Waals surface area contributed by atoms with E-state index in [1.54, 1.807) is 12.1 Å². The SMILES string of the molecule is CCC(C)C(Nc1ccc(-c2nnc(-c3ccccc3)o2)cc1)c1ccc(C(=O)NCCC(=O)O)cc1.